The van der Waals surface area contributed by atoms with E-state index >= 15 is 0 Å². The molecule has 0 fully saturated rings. The lowest BCUT2D eigenvalue weighted by atomic mass is 10.1. The molecular weight excluding hydrogens is 321 g/mol. The number of carbonyl (C=O) groups excluding carboxylic acids is 1. The molecule has 5 nitrogen and oxygen atoms in total. The van der Waals surface area contributed by atoms with Crippen molar-refractivity contribution in [2.45, 2.75) is 5.92 Å². The van der Waals surface area contributed by atoms with Crippen LogP contribution < -0.4 is 5.32 Å². The number of alkyl halides is 2. The Labute approximate surface area is 107 Å². The Balaban J connectivity index is 2.78. The zero-order chi connectivity index (χ0) is 13.7. The van der Waals surface area contributed by atoms with Gasteiger partial charge in [-0.05, 0) is 22.0 Å². The molecular formula is C9H5BrF3N2O3+. The lowest BCUT2D eigenvalue weighted by Gasteiger charge is -2.06. The van der Waals surface area contributed by atoms with E-state index in [1.54, 1.807) is 5.32 Å². The fourth-order valence-corrected chi connectivity index (χ4v) is 1.98. The number of nitrogens with one attached hydrogen (secondary N) is 1. The topological polar surface area (TPSA) is 58.4 Å². The molecule has 0 spiro atoms. The minimum Gasteiger partial charge on any atom is -0.314 e. The minimum absolute atomic E-state index is 0.291. The van der Waals surface area contributed by atoms with E-state index in [4.69, 9.17) is 0 Å². The highest BCUT2D eigenvalue weighted by Gasteiger charge is 2.53. The molecule has 96 valence electrons. The number of rotatable bonds is 2. The van der Waals surface area contributed by atoms with Crippen molar-refractivity contribution >= 4 is 33.2 Å². The highest BCUT2D eigenvalue weighted by atomic mass is 79.9. The van der Waals surface area contributed by atoms with E-state index in [1.807, 2.05) is 0 Å². The van der Waals surface area contributed by atoms with Gasteiger partial charge in [0, 0.05) is 0 Å². The van der Waals surface area contributed by atoms with Gasteiger partial charge >= 0.3 is 11.6 Å². The normalized spacial score (nSPS) is 16.2. The number of carbonyl (C=O) groups is 1. The fraction of sp³-hybridized carbons (Fsp3) is 0.222. The number of fused-ring (bicyclic) bond motifs is 1. The highest BCUT2D eigenvalue weighted by molar-refractivity contribution is 9.10. The zero-order valence-electron chi connectivity index (χ0n) is 8.76. The molecule has 1 aliphatic heterocycles. The summed E-state index contributed by atoms with van der Waals surface area (Å²) in [6, 6.07) is 0.746. The van der Waals surface area contributed by atoms with Crippen molar-refractivity contribution in [1.82, 2.24) is 0 Å². The summed E-state index contributed by atoms with van der Waals surface area (Å²) in [6.45, 7) is 0. The largest absolute Gasteiger partial charge is 0.376 e. The third-order valence-corrected chi connectivity index (χ3v) is 2.98. The number of anilines is 1. The van der Waals surface area contributed by atoms with Crippen molar-refractivity contribution in [3.8, 4) is 0 Å². The summed E-state index contributed by atoms with van der Waals surface area (Å²) in [5.74, 6) is -6.56. The molecule has 0 radical (unpaired) electrons. The molecule has 1 aliphatic rings. The van der Waals surface area contributed by atoms with Crippen LogP contribution in [0, 0.1) is 10.7 Å². The van der Waals surface area contributed by atoms with Crippen LogP contribution in [0.4, 0.5) is 24.5 Å². The number of nitrogens with zero attached hydrogens (tertiary/aromatic N) is 1. The second-order valence-electron chi connectivity index (χ2n) is 3.41. The molecule has 1 N–H and O–H groups in total. The second kappa shape index (κ2) is 3.94. The van der Waals surface area contributed by atoms with Crippen molar-refractivity contribution in [3.05, 3.63) is 26.8 Å². The molecule has 0 bridgehead atoms. The van der Waals surface area contributed by atoms with Gasteiger partial charge in [-0.15, -0.1) is 0 Å². The van der Waals surface area contributed by atoms with Crippen molar-refractivity contribution in [1.29, 1.82) is 0 Å². The smallest absolute Gasteiger partial charge is 0.314 e. The summed E-state index contributed by atoms with van der Waals surface area (Å²) < 4.78 is 40.3. The molecule has 1 aromatic carbocycles. The van der Waals surface area contributed by atoms with Gasteiger partial charge in [-0.25, -0.2) is 4.84 Å². The molecule has 1 amide bonds. The Morgan fingerprint density at radius 2 is 2.11 bits per heavy atom. The van der Waals surface area contributed by atoms with Gasteiger partial charge in [-0.3, -0.25) is 4.79 Å². The molecule has 1 heterocycles. The summed E-state index contributed by atoms with van der Waals surface area (Å²) in [6.07, 6.45) is 0. The molecule has 18 heavy (non-hydrogen) atoms. The average Bonchev–Trinajstić information content (AvgIpc) is 2.52. The van der Waals surface area contributed by atoms with Gasteiger partial charge in [0.2, 0.25) is 5.82 Å². The number of hydrogen-bond donors (Lipinski definition) is 1. The maximum absolute atomic E-state index is 13.7. The first-order valence-electron chi connectivity index (χ1n) is 4.53. The van der Waals surface area contributed by atoms with Crippen molar-refractivity contribution in [2.24, 2.45) is 0 Å². The van der Waals surface area contributed by atoms with E-state index in [2.05, 4.69) is 20.8 Å². The molecule has 1 aromatic rings. The van der Waals surface area contributed by atoms with Gasteiger partial charge in [-0.1, -0.05) is 0 Å². The Morgan fingerprint density at radius 1 is 1.50 bits per heavy atom. The first kappa shape index (κ1) is 12.8. The van der Waals surface area contributed by atoms with Gasteiger partial charge in [0.1, 0.15) is 5.69 Å². The van der Waals surface area contributed by atoms with Gasteiger partial charge < -0.3 is 5.32 Å². The third kappa shape index (κ3) is 1.57. The predicted molar refractivity (Wildman–Crippen MR) is 56.9 cm³/mol. The lowest BCUT2D eigenvalue weighted by molar-refractivity contribution is -0.737. The van der Waals surface area contributed by atoms with Crippen LogP contribution in [0.15, 0.2) is 10.5 Å². The second-order valence-corrected chi connectivity index (χ2v) is 4.27. The van der Waals surface area contributed by atoms with Gasteiger partial charge in [0.05, 0.1) is 14.9 Å². The summed E-state index contributed by atoms with van der Waals surface area (Å²) in [5, 5.41) is 1.77. The summed E-state index contributed by atoms with van der Waals surface area (Å²) in [5.41, 5.74) is -2.19. The van der Waals surface area contributed by atoms with E-state index in [0.717, 1.165) is 13.2 Å². The fourth-order valence-electron chi connectivity index (χ4n) is 1.56. The maximum atomic E-state index is 13.7. The van der Waals surface area contributed by atoms with Gasteiger partial charge in [-0.2, -0.15) is 13.2 Å². The van der Waals surface area contributed by atoms with Crippen molar-refractivity contribution in [2.75, 3.05) is 12.4 Å². The van der Waals surface area contributed by atoms with Crippen LogP contribution in [0.25, 0.3) is 0 Å². The number of halogens is 4. The number of benzene rings is 1. The van der Waals surface area contributed by atoms with Crippen molar-refractivity contribution < 1.29 is 27.7 Å². The number of hydrogen-bond acceptors (Lipinski definition) is 3. The average molecular weight is 326 g/mol. The third-order valence-electron chi connectivity index (χ3n) is 2.41. The standard InChI is InChI=1S/C9H4BrF3N2O3/c1-18-15(17)7-5(11)4(10)2-3-6(7)14-8(16)9(3,12)13/h2H,1H3/p+1. The van der Waals surface area contributed by atoms with Gasteiger partial charge in [0.15, 0.2) is 7.11 Å². The Kier molecular flexibility index (Phi) is 2.80. The Morgan fingerprint density at radius 3 is 2.67 bits per heavy atom. The maximum Gasteiger partial charge on any atom is 0.376 e. The molecule has 0 saturated carbocycles. The molecule has 0 aliphatic carbocycles. The van der Waals surface area contributed by atoms with E-state index in [-0.39, 0.29) is 9.40 Å². The SMILES string of the molecule is CO[N+](=O)c1c(F)c(Br)cc2c1NC(=O)C2(F)F. The molecule has 2 rings (SSSR count). The zero-order valence-corrected chi connectivity index (χ0v) is 10.3. The summed E-state index contributed by atoms with van der Waals surface area (Å²) in [7, 11) is 0.939. The van der Waals surface area contributed by atoms with Crippen LogP contribution in [0.3, 0.4) is 0 Å². The quantitative estimate of drug-likeness (QED) is 0.850. The van der Waals surface area contributed by atoms with Crippen molar-refractivity contribution in [3.63, 3.8) is 0 Å². The molecule has 0 aromatic heterocycles. The first-order valence-corrected chi connectivity index (χ1v) is 5.33. The minimum atomic E-state index is -3.82. The molecule has 9 heteroatoms. The van der Waals surface area contributed by atoms with Crippen LogP contribution in [-0.2, 0) is 15.6 Å². The predicted octanol–water partition coefficient (Wildman–Crippen LogP) is 2.60. The van der Waals surface area contributed by atoms with Gasteiger partial charge in [0.25, 0.3) is 10.8 Å². The van der Waals surface area contributed by atoms with Crippen LogP contribution in [0.2, 0.25) is 0 Å². The van der Waals surface area contributed by atoms with E-state index in [1.165, 1.54) is 0 Å². The Bertz CT molecular complexity index is 577. The Hall–Kier alpha value is -1.64. The molecule has 0 unspecified atom stereocenters. The highest BCUT2D eigenvalue weighted by Crippen LogP contribution is 2.47. The van der Waals surface area contributed by atoms with Crippen LogP contribution in [-0.4, -0.2) is 17.9 Å². The van der Waals surface area contributed by atoms with Crippen LogP contribution >= 0.6 is 15.9 Å². The summed E-state index contributed by atoms with van der Waals surface area (Å²) in [4.78, 5) is 26.3. The number of amides is 1. The van der Waals surface area contributed by atoms with E-state index in [9.17, 15) is 22.9 Å². The van der Waals surface area contributed by atoms with Crippen LogP contribution in [0.1, 0.15) is 5.56 Å². The van der Waals surface area contributed by atoms with E-state index in [0.29, 0.717) is 0 Å². The summed E-state index contributed by atoms with van der Waals surface area (Å²) >= 11 is 2.70. The van der Waals surface area contributed by atoms with Crippen LogP contribution in [0.5, 0.6) is 0 Å². The first-order chi connectivity index (χ1) is 8.30. The molecule has 0 saturated heterocycles. The lowest BCUT2D eigenvalue weighted by Crippen LogP contribution is -2.23. The van der Waals surface area contributed by atoms with E-state index < -0.39 is 34.6 Å². The monoisotopic (exact) mass is 325 g/mol. The molecule has 0 atom stereocenters.